The van der Waals surface area contributed by atoms with Crippen LogP contribution in [0.2, 0.25) is 0 Å². The Morgan fingerprint density at radius 3 is 2.50 bits per heavy atom. The van der Waals surface area contributed by atoms with E-state index >= 15 is 0 Å². The molecule has 48 valence electrons. The molecule has 1 unspecified atom stereocenters. The monoisotopic (exact) mass is 131 g/mol. The predicted octanol–water partition coefficient (Wildman–Crippen LogP) is 1.09. The second-order valence-electron chi connectivity index (χ2n) is 2.35. The van der Waals surface area contributed by atoms with Gasteiger partial charge < -0.3 is 5.73 Å². The van der Waals surface area contributed by atoms with Gasteiger partial charge in [0, 0.05) is 11.8 Å². The molecule has 0 radical (unpaired) electrons. The van der Waals surface area contributed by atoms with Crippen LogP contribution in [0.4, 0.5) is 0 Å². The van der Waals surface area contributed by atoms with E-state index in [2.05, 4.69) is 6.26 Å². The van der Waals surface area contributed by atoms with Crippen LogP contribution in [0.1, 0.15) is 12.8 Å². The molecule has 1 aliphatic rings. The quantitative estimate of drug-likeness (QED) is 0.620. The van der Waals surface area contributed by atoms with Crippen LogP contribution in [-0.2, 0) is 0 Å². The zero-order chi connectivity index (χ0) is 5.98. The van der Waals surface area contributed by atoms with Crippen molar-refractivity contribution in [1.29, 1.82) is 0 Å². The molecule has 1 rings (SSSR count). The maximum Gasteiger partial charge on any atom is 0.0195 e. The summed E-state index contributed by atoms with van der Waals surface area (Å²) in [5, 5.41) is 0.759. The average molecular weight is 131 g/mol. The summed E-state index contributed by atoms with van der Waals surface area (Å²) in [6.45, 7) is 0.867. The molecule has 2 heteroatoms. The van der Waals surface area contributed by atoms with Gasteiger partial charge in [0.15, 0.2) is 0 Å². The average Bonchev–Trinajstić information content (AvgIpc) is 2.53. The van der Waals surface area contributed by atoms with Gasteiger partial charge in [0.05, 0.1) is 0 Å². The minimum absolute atomic E-state index is 0.759. The van der Waals surface area contributed by atoms with Crippen molar-refractivity contribution < 1.29 is 0 Å². The summed E-state index contributed by atoms with van der Waals surface area (Å²) in [5.74, 6) is 0.968. The minimum atomic E-state index is 0.759. The fourth-order valence-corrected chi connectivity index (χ4v) is 1.80. The summed E-state index contributed by atoms with van der Waals surface area (Å²) >= 11 is 1.92. The number of nitrogens with two attached hydrogens (primary N) is 1. The minimum Gasteiger partial charge on any atom is -0.329 e. The lowest BCUT2D eigenvalue weighted by molar-refractivity contribution is 0.761. The van der Waals surface area contributed by atoms with Crippen LogP contribution in [-0.4, -0.2) is 18.1 Å². The third-order valence-corrected chi connectivity index (χ3v) is 2.87. The van der Waals surface area contributed by atoms with E-state index in [1.165, 1.54) is 12.8 Å². The molecule has 0 spiro atoms. The zero-order valence-corrected chi connectivity index (χ0v) is 6.08. The SMILES string of the molecule is CSC(CN)C1CC1. The lowest BCUT2D eigenvalue weighted by Crippen LogP contribution is -2.17. The molecule has 0 aliphatic heterocycles. The van der Waals surface area contributed by atoms with Crippen molar-refractivity contribution in [3.63, 3.8) is 0 Å². The first kappa shape index (κ1) is 6.43. The highest BCUT2D eigenvalue weighted by atomic mass is 32.2. The Hall–Kier alpha value is 0.310. The van der Waals surface area contributed by atoms with Gasteiger partial charge in [-0.3, -0.25) is 0 Å². The summed E-state index contributed by atoms with van der Waals surface area (Å²) in [6, 6.07) is 0. The topological polar surface area (TPSA) is 26.0 Å². The molecule has 0 aromatic rings. The molecular weight excluding hydrogens is 118 g/mol. The first-order chi connectivity index (χ1) is 3.88. The van der Waals surface area contributed by atoms with Crippen LogP contribution in [0.15, 0.2) is 0 Å². The summed E-state index contributed by atoms with van der Waals surface area (Å²) in [4.78, 5) is 0. The lowest BCUT2D eigenvalue weighted by Gasteiger charge is -2.07. The maximum absolute atomic E-state index is 5.50. The highest BCUT2D eigenvalue weighted by Gasteiger charge is 2.29. The van der Waals surface area contributed by atoms with Crippen LogP contribution < -0.4 is 5.73 Å². The highest BCUT2D eigenvalue weighted by Crippen LogP contribution is 2.37. The normalized spacial score (nSPS) is 23.2. The Balaban J connectivity index is 2.15. The van der Waals surface area contributed by atoms with Crippen molar-refractivity contribution in [2.75, 3.05) is 12.8 Å². The van der Waals surface area contributed by atoms with Crippen molar-refractivity contribution in [3.8, 4) is 0 Å². The third kappa shape index (κ3) is 1.39. The Morgan fingerprint density at radius 1 is 1.75 bits per heavy atom. The van der Waals surface area contributed by atoms with Crippen molar-refractivity contribution >= 4 is 11.8 Å². The molecule has 0 heterocycles. The molecule has 0 aromatic carbocycles. The number of rotatable bonds is 3. The van der Waals surface area contributed by atoms with Crippen LogP contribution in [0.3, 0.4) is 0 Å². The molecule has 1 aliphatic carbocycles. The molecule has 1 fully saturated rings. The van der Waals surface area contributed by atoms with Gasteiger partial charge >= 0.3 is 0 Å². The van der Waals surface area contributed by atoms with Crippen LogP contribution in [0.25, 0.3) is 0 Å². The van der Waals surface area contributed by atoms with Gasteiger partial charge in [-0.1, -0.05) is 0 Å². The van der Waals surface area contributed by atoms with Crippen LogP contribution in [0.5, 0.6) is 0 Å². The smallest absolute Gasteiger partial charge is 0.0195 e. The van der Waals surface area contributed by atoms with Crippen LogP contribution in [0, 0.1) is 5.92 Å². The van der Waals surface area contributed by atoms with E-state index in [0.717, 1.165) is 17.7 Å². The molecular formula is C6H13NS. The first-order valence-electron chi connectivity index (χ1n) is 3.11. The Kier molecular flexibility index (Phi) is 2.20. The standard InChI is InChI=1S/C6H13NS/c1-8-6(4-7)5-2-3-5/h5-6H,2-4,7H2,1H3. The van der Waals surface area contributed by atoms with Crippen molar-refractivity contribution in [2.24, 2.45) is 11.7 Å². The van der Waals surface area contributed by atoms with E-state index in [4.69, 9.17) is 5.73 Å². The second kappa shape index (κ2) is 2.74. The Bertz CT molecular complexity index is 66.9. The molecule has 1 saturated carbocycles. The molecule has 0 aromatic heterocycles. The highest BCUT2D eigenvalue weighted by molar-refractivity contribution is 7.99. The summed E-state index contributed by atoms with van der Waals surface area (Å²) in [7, 11) is 0. The van der Waals surface area contributed by atoms with E-state index < -0.39 is 0 Å². The number of hydrogen-bond acceptors (Lipinski definition) is 2. The van der Waals surface area contributed by atoms with Crippen molar-refractivity contribution in [2.45, 2.75) is 18.1 Å². The van der Waals surface area contributed by atoms with Gasteiger partial charge in [0.2, 0.25) is 0 Å². The van der Waals surface area contributed by atoms with Crippen molar-refractivity contribution in [1.82, 2.24) is 0 Å². The van der Waals surface area contributed by atoms with Gasteiger partial charge in [0.25, 0.3) is 0 Å². The molecule has 1 atom stereocenters. The second-order valence-corrected chi connectivity index (χ2v) is 3.42. The number of hydrogen-bond donors (Lipinski definition) is 1. The summed E-state index contributed by atoms with van der Waals surface area (Å²) in [6.07, 6.45) is 4.99. The van der Waals surface area contributed by atoms with E-state index in [1.807, 2.05) is 11.8 Å². The van der Waals surface area contributed by atoms with Crippen molar-refractivity contribution in [3.05, 3.63) is 0 Å². The predicted molar refractivity (Wildman–Crippen MR) is 39.1 cm³/mol. The molecule has 8 heavy (non-hydrogen) atoms. The van der Waals surface area contributed by atoms with Gasteiger partial charge in [-0.05, 0) is 25.0 Å². The maximum atomic E-state index is 5.50. The fraction of sp³-hybridized carbons (Fsp3) is 1.00. The van der Waals surface area contributed by atoms with Gasteiger partial charge in [0.1, 0.15) is 0 Å². The molecule has 0 saturated heterocycles. The number of thioether (sulfide) groups is 1. The molecule has 0 bridgehead atoms. The van der Waals surface area contributed by atoms with E-state index in [0.29, 0.717) is 0 Å². The zero-order valence-electron chi connectivity index (χ0n) is 5.26. The van der Waals surface area contributed by atoms with E-state index in [9.17, 15) is 0 Å². The van der Waals surface area contributed by atoms with Gasteiger partial charge in [-0.25, -0.2) is 0 Å². The first-order valence-corrected chi connectivity index (χ1v) is 4.40. The fourth-order valence-electron chi connectivity index (χ4n) is 0.949. The molecule has 2 N–H and O–H groups in total. The van der Waals surface area contributed by atoms with E-state index in [-0.39, 0.29) is 0 Å². The lowest BCUT2D eigenvalue weighted by atomic mass is 10.3. The Morgan fingerprint density at radius 2 is 2.38 bits per heavy atom. The Labute approximate surface area is 55.0 Å². The summed E-state index contributed by atoms with van der Waals surface area (Å²) in [5.41, 5.74) is 5.50. The molecule has 1 nitrogen and oxygen atoms in total. The van der Waals surface area contributed by atoms with Gasteiger partial charge in [-0.2, -0.15) is 11.8 Å². The van der Waals surface area contributed by atoms with Gasteiger partial charge in [-0.15, -0.1) is 0 Å². The van der Waals surface area contributed by atoms with E-state index in [1.54, 1.807) is 0 Å². The van der Waals surface area contributed by atoms with Crippen LogP contribution >= 0.6 is 11.8 Å². The third-order valence-electron chi connectivity index (χ3n) is 1.68. The molecule has 0 amide bonds. The largest absolute Gasteiger partial charge is 0.329 e. The summed E-state index contributed by atoms with van der Waals surface area (Å²) < 4.78 is 0.